The number of rotatable bonds is 5. The fraction of sp³-hybridized carbons (Fsp3) is 0.917. The lowest BCUT2D eigenvalue weighted by Gasteiger charge is -2.39. The first-order valence-electron chi connectivity index (χ1n) is 6.04. The molecule has 0 aromatic heterocycles. The summed E-state index contributed by atoms with van der Waals surface area (Å²) >= 11 is 0. The van der Waals surface area contributed by atoms with Crippen molar-refractivity contribution in [1.82, 2.24) is 0 Å². The number of methoxy groups -OCH3 is 1. The monoisotopic (exact) mass is 230 g/mol. The highest BCUT2D eigenvalue weighted by Crippen LogP contribution is 2.33. The number of hydrogen-bond acceptors (Lipinski definition) is 4. The minimum atomic E-state index is -0.759. The Morgan fingerprint density at radius 3 is 2.81 bits per heavy atom. The highest BCUT2D eigenvalue weighted by molar-refractivity contribution is 5.70. The Bertz CT molecular complexity index is 229. The Balaban J connectivity index is 2.58. The highest BCUT2D eigenvalue weighted by atomic mass is 16.7. The van der Waals surface area contributed by atoms with Gasteiger partial charge in [0.1, 0.15) is 0 Å². The van der Waals surface area contributed by atoms with Crippen LogP contribution in [0.2, 0.25) is 0 Å². The van der Waals surface area contributed by atoms with Crippen molar-refractivity contribution in [1.29, 1.82) is 0 Å². The summed E-state index contributed by atoms with van der Waals surface area (Å²) in [5.41, 5.74) is 0. The van der Waals surface area contributed by atoms with Gasteiger partial charge in [-0.15, -0.1) is 0 Å². The van der Waals surface area contributed by atoms with Crippen LogP contribution >= 0.6 is 0 Å². The van der Waals surface area contributed by atoms with Crippen molar-refractivity contribution in [2.75, 3.05) is 13.7 Å². The van der Waals surface area contributed by atoms with Crippen molar-refractivity contribution in [2.45, 2.75) is 57.8 Å². The smallest absolute Gasteiger partial charge is 0.311 e. The average molecular weight is 230 g/mol. The van der Waals surface area contributed by atoms with Gasteiger partial charge in [0.25, 0.3) is 0 Å². The summed E-state index contributed by atoms with van der Waals surface area (Å²) in [6, 6.07) is 0. The number of carbonyl (C=O) groups excluding carboxylic acids is 1. The third-order valence-electron chi connectivity index (χ3n) is 3.01. The average Bonchev–Trinajstić information content (AvgIpc) is 2.29. The maximum Gasteiger partial charge on any atom is 0.311 e. The molecule has 1 heterocycles. The standard InChI is InChI=1S/C12H22O4/c1-4-10-7-6-8-12(14-3,16-10)9-11(13)15-5-2/h10H,4-9H2,1-3H3. The van der Waals surface area contributed by atoms with E-state index in [1.165, 1.54) is 0 Å². The van der Waals surface area contributed by atoms with Gasteiger partial charge in [-0.05, 0) is 26.2 Å². The van der Waals surface area contributed by atoms with Gasteiger partial charge in [0.05, 0.1) is 19.1 Å². The second-order valence-electron chi connectivity index (χ2n) is 4.14. The molecule has 0 aliphatic carbocycles. The van der Waals surface area contributed by atoms with Gasteiger partial charge < -0.3 is 14.2 Å². The quantitative estimate of drug-likeness (QED) is 0.680. The van der Waals surface area contributed by atoms with E-state index in [1.807, 2.05) is 0 Å². The van der Waals surface area contributed by atoms with Crippen LogP contribution in [0.15, 0.2) is 0 Å². The summed E-state index contributed by atoms with van der Waals surface area (Å²) in [6.07, 6.45) is 4.18. The molecular weight excluding hydrogens is 208 g/mol. The van der Waals surface area contributed by atoms with Gasteiger partial charge in [-0.25, -0.2) is 0 Å². The van der Waals surface area contributed by atoms with Crippen molar-refractivity contribution in [3.8, 4) is 0 Å². The summed E-state index contributed by atoms with van der Waals surface area (Å²) in [6.45, 7) is 4.28. The SMILES string of the molecule is CCOC(=O)CC1(OC)CCCC(CC)O1. The van der Waals surface area contributed by atoms with E-state index in [9.17, 15) is 4.79 Å². The van der Waals surface area contributed by atoms with Gasteiger partial charge in [-0.3, -0.25) is 4.79 Å². The van der Waals surface area contributed by atoms with Gasteiger partial charge in [0.15, 0.2) is 5.79 Å². The molecule has 2 atom stereocenters. The zero-order chi connectivity index (χ0) is 12.0. The topological polar surface area (TPSA) is 44.8 Å². The van der Waals surface area contributed by atoms with E-state index in [0.717, 1.165) is 25.7 Å². The molecule has 0 aromatic rings. The minimum absolute atomic E-state index is 0.188. The molecule has 4 heteroatoms. The number of carbonyl (C=O) groups is 1. The molecule has 1 fully saturated rings. The number of ether oxygens (including phenoxy) is 3. The molecule has 94 valence electrons. The summed E-state index contributed by atoms with van der Waals surface area (Å²) in [7, 11) is 1.59. The van der Waals surface area contributed by atoms with Gasteiger partial charge in [0.2, 0.25) is 0 Å². The minimum Gasteiger partial charge on any atom is -0.466 e. The van der Waals surface area contributed by atoms with Gasteiger partial charge in [-0.2, -0.15) is 0 Å². The van der Waals surface area contributed by atoms with Gasteiger partial charge in [-0.1, -0.05) is 6.92 Å². The molecule has 0 radical (unpaired) electrons. The van der Waals surface area contributed by atoms with Crippen molar-refractivity contribution in [3.05, 3.63) is 0 Å². The third-order valence-corrected chi connectivity index (χ3v) is 3.01. The fourth-order valence-corrected chi connectivity index (χ4v) is 2.09. The molecule has 0 aromatic carbocycles. The van der Waals surface area contributed by atoms with Crippen LogP contribution in [-0.4, -0.2) is 31.6 Å². The maximum atomic E-state index is 11.5. The Morgan fingerprint density at radius 1 is 1.50 bits per heavy atom. The molecule has 4 nitrogen and oxygen atoms in total. The molecule has 1 aliphatic rings. The van der Waals surface area contributed by atoms with E-state index in [4.69, 9.17) is 14.2 Å². The second kappa shape index (κ2) is 6.21. The zero-order valence-electron chi connectivity index (χ0n) is 10.5. The molecule has 0 bridgehead atoms. The maximum absolute atomic E-state index is 11.5. The Labute approximate surface area is 97.2 Å². The molecule has 0 saturated carbocycles. The van der Waals surface area contributed by atoms with Crippen LogP contribution in [-0.2, 0) is 19.0 Å². The number of esters is 1. The van der Waals surface area contributed by atoms with Crippen LogP contribution in [0, 0.1) is 0 Å². The molecule has 16 heavy (non-hydrogen) atoms. The van der Waals surface area contributed by atoms with Crippen LogP contribution in [0.1, 0.15) is 46.0 Å². The Hall–Kier alpha value is -0.610. The fourth-order valence-electron chi connectivity index (χ4n) is 2.09. The largest absolute Gasteiger partial charge is 0.466 e. The van der Waals surface area contributed by atoms with Crippen LogP contribution in [0.4, 0.5) is 0 Å². The normalized spacial score (nSPS) is 30.1. The second-order valence-corrected chi connectivity index (χ2v) is 4.14. The van der Waals surface area contributed by atoms with E-state index in [-0.39, 0.29) is 18.5 Å². The van der Waals surface area contributed by atoms with E-state index in [2.05, 4.69) is 6.92 Å². The third kappa shape index (κ3) is 3.46. The summed E-state index contributed by atoms with van der Waals surface area (Å²) in [4.78, 5) is 11.5. The highest BCUT2D eigenvalue weighted by Gasteiger charge is 2.39. The van der Waals surface area contributed by atoms with Crippen molar-refractivity contribution >= 4 is 5.97 Å². The van der Waals surface area contributed by atoms with Crippen molar-refractivity contribution in [3.63, 3.8) is 0 Å². The van der Waals surface area contributed by atoms with E-state index in [0.29, 0.717) is 6.61 Å². The summed E-state index contributed by atoms with van der Waals surface area (Å²) < 4.78 is 16.2. The van der Waals surface area contributed by atoms with Crippen LogP contribution in [0.5, 0.6) is 0 Å². The lowest BCUT2D eigenvalue weighted by atomic mass is 9.97. The van der Waals surface area contributed by atoms with Crippen LogP contribution < -0.4 is 0 Å². The molecule has 2 unspecified atom stereocenters. The first-order chi connectivity index (χ1) is 7.65. The molecule has 0 amide bonds. The first kappa shape index (κ1) is 13.5. The van der Waals surface area contributed by atoms with Crippen LogP contribution in [0.25, 0.3) is 0 Å². The Morgan fingerprint density at radius 2 is 2.25 bits per heavy atom. The molecule has 0 N–H and O–H groups in total. The molecule has 0 spiro atoms. The Kier molecular flexibility index (Phi) is 5.22. The number of hydrogen-bond donors (Lipinski definition) is 0. The summed E-state index contributed by atoms with van der Waals surface area (Å²) in [5, 5.41) is 0. The molecule has 1 aliphatic heterocycles. The van der Waals surface area contributed by atoms with E-state index >= 15 is 0 Å². The van der Waals surface area contributed by atoms with E-state index < -0.39 is 5.79 Å². The molecule has 1 saturated heterocycles. The summed E-state index contributed by atoms with van der Waals surface area (Å²) in [5.74, 6) is -1.01. The zero-order valence-corrected chi connectivity index (χ0v) is 10.5. The molecular formula is C12H22O4. The van der Waals surface area contributed by atoms with E-state index in [1.54, 1.807) is 14.0 Å². The van der Waals surface area contributed by atoms with Crippen molar-refractivity contribution < 1.29 is 19.0 Å². The van der Waals surface area contributed by atoms with Gasteiger partial charge >= 0.3 is 5.97 Å². The van der Waals surface area contributed by atoms with Gasteiger partial charge in [0, 0.05) is 13.5 Å². The van der Waals surface area contributed by atoms with Crippen molar-refractivity contribution in [2.24, 2.45) is 0 Å². The lowest BCUT2D eigenvalue weighted by Crippen LogP contribution is -2.44. The lowest BCUT2D eigenvalue weighted by molar-refractivity contribution is -0.271. The predicted molar refractivity (Wildman–Crippen MR) is 60.0 cm³/mol. The van der Waals surface area contributed by atoms with Crippen LogP contribution in [0.3, 0.4) is 0 Å². The molecule has 1 rings (SSSR count). The first-order valence-corrected chi connectivity index (χ1v) is 6.04. The predicted octanol–water partition coefficient (Wildman–Crippen LogP) is 2.26.